The minimum Gasteiger partial charge on any atom is -0.493 e. The molecule has 1 aromatic rings. The number of hydrogen-bond donors (Lipinski definition) is 1. The topological polar surface area (TPSA) is 66.0 Å². The van der Waals surface area contributed by atoms with Gasteiger partial charge in [-0.15, -0.1) is 0 Å². The van der Waals surface area contributed by atoms with Crippen LogP contribution >= 0.6 is 0 Å². The highest BCUT2D eigenvalue weighted by atomic mass is 16.5. The second-order valence-corrected chi connectivity index (χ2v) is 10.3. The summed E-state index contributed by atoms with van der Waals surface area (Å²) in [4.78, 5) is 12.4. The zero-order valence-corrected chi connectivity index (χ0v) is 19.2. The normalized spacial score (nSPS) is 35.2. The van der Waals surface area contributed by atoms with Gasteiger partial charge in [0.05, 0.1) is 26.4 Å². The summed E-state index contributed by atoms with van der Waals surface area (Å²) in [5.74, 6) is 3.25. The zero-order valence-electron chi connectivity index (χ0n) is 19.2. The summed E-state index contributed by atoms with van der Waals surface area (Å²) < 4.78 is 24.0. The van der Waals surface area contributed by atoms with E-state index < -0.39 is 0 Å². The average molecular weight is 430 g/mol. The Bertz CT molecular complexity index is 868. The number of carbonyl (C=O) groups excluding carboxylic acids is 1. The van der Waals surface area contributed by atoms with Crippen molar-refractivity contribution in [1.82, 2.24) is 5.32 Å². The average Bonchev–Trinajstić information content (AvgIpc) is 3.13. The van der Waals surface area contributed by atoms with Crippen LogP contribution in [0.15, 0.2) is 12.1 Å². The SMILES string of the molecule is CCC(=O)N[C@H]1C(C)(C)[C@@H]2C[C@@H]3[C@@H](c4cc(OC)c5c(c4)OCCCO5)OCCC31C2. The van der Waals surface area contributed by atoms with Crippen molar-refractivity contribution in [3.63, 3.8) is 0 Å². The third-order valence-corrected chi connectivity index (χ3v) is 8.52. The van der Waals surface area contributed by atoms with Gasteiger partial charge in [0.25, 0.3) is 0 Å². The molecule has 2 bridgehead atoms. The lowest BCUT2D eigenvalue weighted by molar-refractivity contribution is -0.137. The molecule has 6 nitrogen and oxygen atoms in total. The number of nitrogens with one attached hydrogen (secondary N) is 1. The van der Waals surface area contributed by atoms with E-state index in [0.717, 1.165) is 30.6 Å². The highest BCUT2D eigenvalue weighted by Gasteiger charge is 2.68. The predicted octanol–water partition coefficient (Wildman–Crippen LogP) is 4.27. The van der Waals surface area contributed by atoms with Gasteiger partial charge in [-0.05, 0) is 59.6 Å². The van der Waals surface area contributed by atoms with Crippen LogP contribution in [0.1, 0.15) is 64.5 Å². The maximum Gasteiger partial charge on any atom is 0.219 e. The number of fused-ring (bicyclic) bond motifs is 2. The van der Waals surface area contributed by atoms with E-state index in [4.69, 9.17) is 18.9 Å². The number of methoxy groups -OCH3 is 1. The molecule has 2 saturated carbocycles. The van der Waals surface area contributed by atoms with Crippen LogP contribution in [0.5, 0.6) is 17.2 Å². The zero-order chi connectivity index (χ0) is 21.8. The van der Waals surface area contributed by atoms with Crippen LogP contribution in [0.25, 0.3) is 0 Å². The number of ether oxygens (including phenoxy) is 4. The van der Waals surface area contributed by atoms with Crippen molar-refractivity contribution in [3.05, 3.63) is 17.7 Å². The fourth-order valence-electron chi connectivity index (χ4n) is 6.96. The third kappa shape index (κ3) is 3.12. The molecule has 5 atom stereocenters. The molecule has 2 aliphatic carbocycles. The van der Waals surface area contributed by atoms with Crippen LogP contribution in [0, 0.1) is 22.7 Å². The van der Waals surface area contributed by atoms with Gasteiger partial charge in [-0.25, -0.2) is 0 Å². The van der Waals surface area contributed by atoms with Crippen molar-refractivity contribution >= 4 is 5.91 Å². The van der Waals surface area contributed by atoms with Gasteiger partial charge < -0.3 is 24.3 Å². The second-order valence-electron chi connectivity index (χ2n) is 10.3. The van der Waals surface area contributed by atoms with E-state index in [1.165, 1.54) is 6.42 Å². The predicted molar refractivity (Wildman–Crippen MR) is 117 cm³/mol. The van der Waals surface area contributed by atoms with Gasteiger partial charge in [0.2, 0.25) is 11.7 Å². The molecular weight excluding hydrogens is 394 g/mol. The van der Waals surface area contributed by atoms with Crippen molar-refractivity contribution < 1.29 is 23.7 Å². The molecule has 1 spiro atoms. The number of hydrogen-bond acceptors (Lipinski definition) is 5. The maximum absolute atomic E-state index is 12.4. The first-order chi connectivity index (χ1) is 14.9. The monoisotopic (exact) mass is 429 g/mol. The Hall–Kier alpha value is -1.95. The van der Waals surface area contributed by atoms with Crippen molar-refractivity contribution in [3.8, 4) is 17.2 Å². The highest BCUT2D eigenvalue weighted by molar-refractivity contribution is 5.76. The first-order valence-corrected chi connectivity index (χ1v) is 11.8. The van der Waals surface area contributed by atoms with E-state index in [0.29, 0.717) is 49.6 Å². The van der Waals surface area contributed by atoms with E-state index in [2.05, 4.69) is 31.3 Å². The molecule has 2 heterocycles. The fraction of sp³-hybridized carbons (Fsp3) is 0.720. The molecule has 1 unspecified atom stereocenters. The summed E-state index contributed by atoms with van der Waals surface area (Å²) >= 11 is 0. The molecule has 0 aromatic heterocycles. The quantitative estimate of drug-likeness (QED) is 0.775. The summed E-state index contributed by atoms with van der Waals surface area (Å²) in [5.41, 5.74) is 1.28. The Morgan fingerprint density at radius 1 is 1.23 bits per heavy atom. The van der Waals surface area contributed by atoms with Crippen LogP contribution in [-0.4, -0.2) is 38.9 Å². The van der Waals surface area contributed by atoms with Gasteiger partial charge >= 0.3 is 0 Å². The van der Waals surface area contributed by atoms with Gasteiger partial charge in [-0.1, -0.05) is 20.8 Å². The molecule has 170 valence electrons. The molecule has 0 radical (unpaired) electrons. The lowest BCUT2D eigenvalue weighted by atomic mass is 9.59. The lowest BCUT2D eigenvalue weighted by Gasteiger charge is -2.53. The van der Waals surface area contributed by atoms with Crippen LogP contribution in [0.2, 0.25) is 0 Å². The smallest absolute Gasteiger partial charge is 0.219 e. The van der Waals surface area contributed by atoms with Gasteiger partial charge in [0.1, 0.15) is 0 Å². The van der Waals surface area contributed by atoms with Crippen molar-refractivity contribution in [2.24, 2.45) is 22.7 Å². The van der Waals surface area contributed by atoms with Crippen LogP contribution in [0.4, 0.5) is 0 Å². The minimum absolute atomic E-state index is 0.0260. The summed E-state index contributed by atoms with van der Waals surface area (Å²) in [6.45, 7) is 8.58. The molecule has 1 aromatic carbocycles. The standard InChI is InChI=1S/C25H35NO5/c1-5-20(27)26-23-24(2,3)16-13-17-21(31-10-7-25(17,23)14-16)15-11-18(28-4)22-19(12-15)29-8-6-9-30-22/h11-12,16-17,21,23H,5-10,13-14H2,1-4H3,(H,26,27)/t16-,17-,21-,23+,25?/m1/s1. The first kappa shape index (κ1) is 20.9. The van der Waals surface area contributed by atoms with Gasteiger partial charge in [-0.2, -0.15) is 0 Å². The molecule has 4 aliphatic rings. The molecular formula is C25H35NO5. The van der Waals surface area contributed by atoms with Crippen LogP contribution < -0.4 is 19.5 Å². The third-order valence-electron chi connectivity index (χ3n) is 8.52. The van der Waals surface area contributed by atoms with Crippen molar-refractivity contribution in [1.29, 1.82) is 0 Å². The Balaban J connectivity index is 1.52. The molecule has 1 amide bonds. The molecule has 31 heavy (non-hydrogen) atoms. The number of carbonyl (C=O) groups is 1. The van der Waals surface area contributed by atoms with Crippen molar-refractivity contribution in [2.75, 3.05) is 26.9 Å². The van der Waals surface area contributed by atoms with Gasteiger partial charge in [0.15, 0.2) is 11.5 Å². The Kier molecular flexibility index (Phi) is 5.11. The van der Waals surface area contributed by atoms with E-state index in [-0.39, 0.29) is 28.9 Å². The van der Waals surface area contributed by atoms with E-state index in [1.54, 1.807) is 7.11 Å². The molecule has 3 fully saturated rings. The number of rotatable bonds is 4. The summed E-state index contributed by atoms with van der Waals surface area (Å²) in [7, 11) is 1.67. The fourth-order valence-corrected chi connectivity index (χ4v) is 6.96. The Morgan fingerprint density at radius 2 is 2.03 bits per heavy atom. The molecule has 1 N–H and O–H groups in total. The summed E-state index contributed by atoms with van der Waals surface area (Å²) in [6.07, 6.45) is 4.66. The maximum atomic E-state index is 12.4. The minimum atomic E-state index is -0.0260. The number of amides is 1. The van der Waals surface area contributed by atoms with Gasteiger partial charge in [0, 0.05) is 25.5 Å². The number of benzene rings is 1. The van der Waals surface area contributed by atoms with Crippen LogP contribution in [0.3, 0.4) is 0 Å². The largest absolute Gasteiger partial charge is 0.493 e. The Labute approximate surface area is 185 Å². The lowest BCUT2D eigenvalue weighted by Crippen LogP contribution is -2.58. The first-order valence-electron chi connectivity index (χ1n) is 11.8. The van der Waals surface area contributed by atoms with Crippen molar-refractivity contribution in [2.45, 2.75) is 65.0 Å². The van der Waals surface area contributed by atoms with E-state index in [9.17, 15) is 4.79 Å². The Morgan fingerprint density at radius 3 is 2.81 bits per heavy atom. The van der Waals surface area contributed by atoms with E-state index >= 15 is 0 Å². The molecule has 6 heteroatoms. The summed E-state index contributed by atoms with van der Waals surface area (Å²) in [5, 5.41) is 3.43. The van der Waals surface area contributed by atoms with E-state index in [1.807, 2.05) is 6.92 Å². The molecule has 2 aliphatic heterocycles. The highest BCUT2D eigenvalue weighted by Crippen LogP contribution is 2.70. The summed E-state index contributed by atoms with van der Waals surface area (Å²) in [6, 6.07) is 4.34. The molecule has 5 rings (SSSR count). The second kappa shape index (κ2) is 7.58. The van der Waals surface area contributed by atoms with Crippen LogP contribution in [-0.2, 0) is 9.53 Å². The van der Waals surface area contributed by atoms with Gasteiger partial charge in [-0.3, -0.25) is 4.79 Å². The molecule has 1 saturated heterocycles.